The molecule has 5 heteroatoms. The average Bonchev–Trinajstić information content (AvgIpc) is 2.75. The van der Waals surface area contributed by atoms with Gasteiger partial charge in [-0.15, -0.1) is 0 Å². The predicted molar refractivity (Wildman–Crippen MR) is 62.5 cm³/mol. The molecule has 1 heterocycles. The van der Waals surface area contributed by atoms with Gasteiger partial charge in [0.1, 0.15) is 6.04 Å². The first-order valence-corrected chi connectivity index (χ1v) is 6.16. The molecule has 1 rings (SSSR count). The minimum atomic E-state index is -0.465. The highest BCUT2D eigenvalue weighted by molar-refractivity contribution is 5.82. The molecule has 98 valence electrons. The maximum Gasteiger partial charge on any atom is 0.410 e. The molecule has 0 aromatic heterocycles. The highest BCUT2D eigenvalue weighted by Crippen LogP contribution is 2.19. The van der Waals surface area contributed by atoms with E-state index in [0.717, 1.165) is 6.42 Å². The van der Waals surface area contributed by atoms with Crippen LogP contribution in [0.25, 0.3) is 0 Å². The zero-order valence-corrected chi connectivity index (χ0v) is 10.8. The van der Waals surface area contributed by atoms with Crippen molar-refractivity contribution in [1.29, 1.82) is 0 Å². The third-order valence-corrected chi connectivity index (χ3v) is 2.59. The van der Waals surface area contributed by atoms with E-state index in [1.165, 1.54) is 4.90 Å². The monoisotopic (exact) mass is 243 g/mol. The molecule has 0 aliphatic carbocycles. The molecule has 0 aromatic rings. The van der Waals surface area contributed by atoms with Crippen molar-refractivity contribution >= 4 is 12.1 Å². The zero-order chi connectivity index (χ0) is 12.8. The Morgan fingerprint density at radius 1 is 1.35 bits per heavy atom. The van der Waals surface area contributed by atoms with Crippen LogP contribution in [-0.4, -0.2) is 42.8 Å². The lowest BCUT2D eigenvalue weighted by Gasteiger charge is -2.22. The summed E-state index contributed by atoms with van der Waals surface area (Å²) in [6, 6.07) is -0.465. The van der Waals surface area contributed by atoms with Crippen molar-refractivity contribution in [2.24, 2.45) is 5.92 Å². The van der Waals surface area contributed by atoms with E-state index in [9.17, 15) is 9.59 Å². The molecule has 5 nitrogen and oxygen atoms in total. The van der Waals surface area contributed by atoms with Crippen LogP contribution in [0.15, 0.2) is 0 Å². The summed E-state index contributed by atoms with van der Waals surface area (Å²) in [6.45, 7) is 6.99. The van der Waals surface area contributed by atoms with Crippen molar-refractivity contribution in [2.75, 3.05) is 19.8 Å². The number of rotatable bonds is 4. The van der Waals surface area contributed by atoms with Crippen LogP contribution >= 0.6 is 0 Å². The fourth-order valence-corrected chi connectivity index (χ4v) is 1.78. The second kappa shape index (κ2) is 6.47. The molecule has 0 bridgehead atoms. The standard InChI is InChI=1S/C12H21NO4/c1-4-16-12(15)13-7-5-6-10(13)11(14)17-8-9(2)3/h9-10H,4-8H2,1-3H3. The maximum atomic E-state index is 11.8. The number of hydrogen-bond acceptors (Lipinski definition) is 4. The van der Waals surface area contributed by atoms with Crippen LogP contribution in [0.3, 0.4) is 0 Å². The molecule has 0 aromatic carbocycles. The molecular weight excluding hydrogens is 222 g/mol. The van der Waals surface area contributed by atoms with Gasteiger partial charge in [-0.25, -0.2) is 9.59 Å². The van der Waals surface area contributed by atoms with Crippen molar-refractivity contribution < 1.29 is 19.1 Å². The summed E-state index contributed by atoms with van der Waals surface area (Å²) < 4.78 is 10.1. The topological polar surface area (TPSA) is 55.8 Å². The third kappa shape index (κ3) is 3.91. The molecule has 0 saturated carbocycles. The number of ether oxygens (including phenoxy) is 2. The summed E-state index contributed by atoms with van der Waals surface area (Å²) in [5.41, 5.74) is 0. The van der Waals surface area contributed by atoms with Crippen LogP contribution in [0.5, 0.6) is 0 Å². The van der Waals surface area contributed by atoms with E-state index in [1.54, 1.807) is 6.92 Å². The average molecular weight is 243 g/mol. The Balaban J connectivity index is 2.50. The van der Waals surface area contributed by atoms with Gasteiger partial charge in [-0.05, 0) is 25.7 Å². The summed E-state index contributed by atoms with van der Waals surface area (Å²) >= 11 is 0. The Hall–Kier alpha value is -1.26. The van der Waals surface area contributed by atoms with Crippen LogP contribution in [-0.2, 0) is 14.3 Å². The quantitative estimate of drug-likeness (QED) is 0.706. The summed E-state index contributed by atoms with van der Waals surface area (Å²) in [6.07, 6.45) is 1.06. The van der Waals surface area contributed by atoms with Gasteiger partial charge in [0.25, 0.3) is 0 Å². The molecule has 1 aliphatic heterocycles. The Labute approximate surface area is 102 Å². The second-order valence-electron chi connectivity index (χ2n) is 4.57. The number of carbonyl (C=O) groups is 2. The van der Waals surface area contributed by atoms with Crippen molar-refractivity contribution in [3.8, 4) is 0 Å². The number of hydrogen-bond donors (Lipinski definition) is 0. The molecule has 0 spiro atoms. The number of likely N-dealkylation sites (tertiary alicyclic amines) is 1. The normalized spacial score (nSPS) is 19.5. The molecule has 1 unspecified atom stereocenters. The minimum Gasteiger partial charge on any atom is -0.464 e. The highest BCUT2D eigenvalue weighted by Gasteiger charge is 2.36. The van der Waals surface area contributed by atoms with Crippen LogP contribution in [0.2, 0.25) is 0 Å². The van der Waals surface area contributed by atoms with Gasteiger partial charge in [-0.3, -0.25) is 4.90 Å². The lowest BCUT2D eigenvalue weighted by Crippen LogP contribution is -2.42. The van der Waals surface area contributed by atoms with Crippen molar-refractivity contribution in [2.45, 2.75) is 39.7 Å². The number of amides is 1. The Bertz CT molecular complexity index is 278. The first-order valence-electron chi connectivity index (χ1n) is 6.16. The SMILES string of the molecule is CCOC(=O)N1CCCC1C(=O)OCC(C)C. The smallest absolute Gasteiger partial charge is 0.410 e. The number of esters is 1. The molecule has 17 heavy (non-hydrogen) atoms. The van der Waals surface area contributed by atoms with Gasteiger partial charge in [-0.2, -0.15) is 0 Å². The number of nitrogens with zero attached hydrogens (tertiary/aromatic N) is 1. The lowest BCUT2D eigenvalue weighted by molar-refractivity contribution is -0.149. The first kappa shape index (κ1) is 13.8. The van der Waals surface area contributed by atoms with Gasteiger partial charge in [0.15, 0.2) is 0 Å². The molecule has 1 aliphatic rings. The van der Waals surface area contributed by atoms with E-state index in [-0.39, 0.29) is 5.97 Å². The van der Waals surface area contributed by atoms with Crippen molar-refractivity contribution in [3.05, 3.63) is 0 Å². The lowest BCUT2D eigenvalue weighted by atomic mass is 10.2. The van der Waals surface area contributed by atoms with Gasteiger partial charge in [-0.1, -0.05) is 13.8 Å². The maximum absolute atomic E-state index is 11.8. The predicted octanol–water partition coefficient (Wildman–Crippen LogP) is 1.81. The minimum absolute atomic E-state index is 0.302. The van der Waals surface area contributed by atoms with Gasteiger partial charge >= 0.3 is 12.1 Å². The molecule has 1 fully saturated rings. The Morgan fingerprint density at radius 3 is 2.65 bits per heavy atom. The van der Waals surface area contributed by atoms with Gasteiger partial charge in [0.05, 0.1) is 13.2 Å². The molecule has 1 saturated heterocycles. The Kier molecular flexibility index (Phi) is 5.25. The van der Waals surface area contributed by atoms with Crippen LogP contribution in [0.4, 0.5) is 4.79 Å². The van der Waals surface area contributed by atoms with E-state index >= 15 is 0 Å². The third-order valence-electron chi connectivity index (χ3n) is 2.59. The van der Waals surface area contributed by atoms with E-state index in [1.807, 2.05) is 13.8 Å². The van der Waals surface area contributed by atoms with Crippen molar-refractivity contribution in [3.63, 3.8) is 0 Å². The molecule has 1 amide bonds. The zero-order valence-electron chi connectivity index (χ0n) is 10.8. The second-order valence-corrected chi connectivity index (χ2v) is 4.57. The number of carbonyl (C=O) groups excluding carboxylic acids is 2. The van der Waals surface area contributed by atoms with Gasteiger partial charge < -0.3 is 9.47 Å². The van der Waals surface area contributed by atoms with E-state index in [0.29, 0.717) is 32.1 Å². The van der Waals surface area contributed by atoms with Crippen LogP contribution < -0.4 is 0 Å². The van der Waals surface area contributed by atoms with E-state index in [2.05, 4.69) is 0 Å². The van der Waals surface area contributed by atoms with Crippen molar-refractivity contribution in [1.82, 2.24) is 4.90 Å². The molecule has 1 atom stereocenters. The molecule has 0 N–H and O–H groups in total. The highest BCUT2D eigenvalue weighted by atomic mass is 16.6. The summed E-state index contributed by atoms with van der Waals surface area (Å²) in [7, 11) is 0. The van der Waals surface area contributed by atoms with E-state index < -0.39 is 12.1 Å². The summed E-state index contributed by atoms with van der Waals surface area (Å²) in [5, 5.41) is 0. The summed E-state index contributed by atoms with van der Waals surface area (Å²) in [4.78, 5) is 24.9. The van der Waals surface area contributed by atoms with E-state index in [4.69, 9.17) is 9.47 Å². The first-order chi connectivity index (χ1) is 8.06. The largest absolute Gasteiger partial charge is 0.464 e. The fraction of sp³-hybridized carbons (Fsp3) is 0.833. The van der Waals surface area contributed by atoms with Crippen LogP contribution in [0, 0.1) is 5.92 Å². The Morgan fingerprint density at radius 2 is 2.06 bits per heavy atom. The fourth-order valence-electron chi connectivity index (χ4n) is 1.78. The summed E-state index contributed by atoms with van der Waals surface area (Å²) in [5.74, 6) is -0.0133. The van der Waals surface area contributed by atoms with Gasteiger partial charge in [0.2, 0.25) is 0 Å². The molecule has 0 radical (unpaired) electrons. The molecular formula is C12H21NO4. The van der Waals surface area contributed by atoms with Gasteiger partial charge in [0, 0.05) is 6.54 Å². The van der Waals surface area contributed by atoms with Crippen LogP contribution in [0.1, 0.15) is 33.6 Å².